The fourth-order valence-electron chi connectivity index (χ4n) is 1.42. The van der Waals surface area contributed by atoms with Gasteiger partial charge in [0.2, 0.25) is 5.91 Å². The summed E-state index contributed by atoms with van der Waals surface area (Å²) in [5.74, 6) is -0.107. The van der Waals surface area contributed by atoms with E-state index in [9.17, 15) is 4.79 Å². The van der Waals surface area contributed by atoms with Gasteiger partial charge in [0.05, 0.1) is 0 Å². The van der Waals surface area contributed by atoms with Gasteiger partial charge in [0, 0.05) is 28.6 Å². The van der Waals surface area contributed by atoms with E-state index in [4.69, 9.17) is 5.73 Å². The smallest absolute Gasteiger partial charge is 0.224 e. The van der Waals surface area contributed by atoms with E-state index in [-0.39, 0.29) is 17.9 Å². The lowest BCUT2D eigenvalue weighted by Gasteiger charge is -2.17. The molecule has 3 N–H and O–H groups in total. The van der Waals surface area contributed by atoms with E-state index in [1.54, 1.807) is 11.8 Å². The zero-order chi connectivity index (χ0) is 13.5. The van der Waals surface area contributed by atoms with Crippen LogP contribution in [0.15, 0.2) is 35.2 Å². The third kappa shape index (κ3) is 5.10. The van der Waals surface area contributed by atoms with E-state index in [0.29, 0.717) is 11.8 Å². The molecule has 0 saturated carbocycles. The first kappa shape index (κ1) is 15.1. The van der Waals surface area contributed by atoms with Crippen LogP contribution in [0.1, 0.15) is 20.8 Å². The molecule has 3 atom stereocenters. The molecular formula is C14H22N2OS. The molecular weight excluding hydrogens is 244 g/mol. The van der Waals surface area contributed by atoms with Crippen molar-refractivity contribution < 1.29 is 4.79 Å². The van der Waals surface area contributed by atoms with Crippen molar-refractivity contribution in [3.05, 3.63) is 30.3 Å². The van der Waals surface area contributed by atoms with Gasteiger partial charge in [0.25, 0.3) is 0 Å². The van der Waals surface area contributed by atoms with Crippen LogP contribution in [0, 0.1) is 5.92 Å². The molecule has 0 aliphatic carbocycles. The summed E-state index contributed by atoms with van der Waals surface area (Å²) in [6.45, 7) is 6.48. The van der Waals surface area contributed by atoms with Crippen LogP contribution in [-0.4, -0.2) is 23.7 Å². The van der Waals surface area contributed by atoms with Crippen molar-refractivity contribution in [2.45, 2.75) is 37.0 Å². The molecule has 0 fully saturated rings. The molecule has 4 heteroatoms. The van der Waals surface area contributed by atoms with Crippen molar-refractivity contribution in [3.8, 4) is 0 Å². The average Bonchev–Trinajstić information content (AvgIpc) is 2.36. The SMILES string of the molecule is CC(CNC(=O)C(C)C(C)N)Sc1ccccc1. The lowest BCUT2D eigenvalue weighted by Crippen LogP contribution is -2.40. The molecule has 0 spiro atoms. The van der Waals surface area contributed by atoms with Crippen LogP contribution in [0.3, 0.4) is 0 Å². The van der Waals surface area contributed by atoms with E-state index in [0.717, 1.165) is 0 Å². The Bertz CT molecular complexity index is 367. The summed E-state index contributed by atoms with van der Waals surface area (Å²) in [6.07, 6.45) is 0. The monoisotopic (exact) mass is 266 g/mol. The predicted octanol–water partition coefficient (Wildman–Crippen LogP) is 2.27. The molecule has 1 aromatic rings. The molecule has 0 heterocycles. The molecule has 1 amide bonds. The molecule has 0 aliphatic rings. The molecule has 3 nitrogen and oxygen atoms in total. The number of hydrogen-bond acceptors (Lipinski definition) is 3. The number of nitrogens with one attached hydrogen (secondary N) is 1. The number of amides is 1. The lowest BCUT2D eigenvalue weighted by molar-refractivity contribution is -0.124. The third-order valence-electron chi connectivity index (χ3n) is 2.85. The summed E-state index contributed by atoms with van der Waals surface area (Å²) < 4.78 is 0. The topological polar surface area (TPSA) is 55.1 Å². The average molecular weight is 266 g/mol. The van der Waals surface area contributed by atoms with Crippen LogP contribution in [-0.2, 0) is 4.79 Å². The van der Waals surface area contributed by atoms with Crippen LogP contribution in [0.4, 0.5) is 0 Å². The van der Waals surface area contributed by atoms with E-state index >= 15 is 0 Å². The van der Waals surface area contributed by atoms with Crippen LogP contribution in [0.25, 0.3) is 0 Å². The molecule has 1 aromatic carbocycles. The highest BCUT2D eigenvalue weighted by Gasteiger charge is 2.17. The summed E-state index contributed by atoms with van der Waals surface area (Å²) in [7, 11) is 0. The summed E-state index contributed by atoms with van der Waals surface area (Å²) in [6, 6.07) is 10.1. The largest absolute Gasteiger partial charge is 0.355 e. The molecule has 1 rings (SSSR count). The molecule has 3 unspecified atom stereocenters. The minimum Gasteiger partial charge on any atom is -0.355 e. The van der Waals surface area contributed by atoms with E-state index in [2.05, 4.69) is 24.4 Å². The van der Waals surface area contributed by atoms with Gasteiger partial charge in [-0.2, -0.15) is 0 Å². The van der Waals surface area contributed by atoms with Crippen LogP contribution < -0.4 is 11.1 Å². The zero-order valence-electron chi connectivity index (χ0n) is 11.2. The first-order valence-corrected chi connectivity index (χ1v) is 7.13. The number of hydrogen-bond donors (Lipinski definition) is 2. The normalized spacial score (nSPS) is 15.8. The quantitative estimate of drug-likeness (QED) is 0.777. The van der Waals surface area contributed by atoms with Crippen molar-refractivity contribution in [2.75, 3.05) is 6.54 Å². The van der Waals surface area contributed by atoms with Crippen molar-refractivity contribution in [1.82, 2.24) is 5.32 Å². The summed E-state index contributed by atoms with van der Waals surface area (Å²) in [5.41, 5.74) is 5.70. The van der Waals surface area contributed by atoms with Gasteiger partial charge in [-0.1, -0.05) is 32.0 Å². The minimum absolute atomic E-state index is 0.0329. The fraction of sp³-hybridized carbons (Fsp3) is 0.500. The first-order chi connectivity index (χ1) is 8.50. The van der Waals surface area contributed by atoms with Gasteiger partial charge in [-0.3, -0.25) is 4.79 Å². The van der Waals surface area contributed by atoms with E-state index in [1.807, 2.05) is 32.0 Å². The molecule has 0 bridgehead atoms. The second kappa shape index (κ2) is 7.44. The highest BCUT2D eigenvalue weighted by atomic mass is 32.2. The molecule has 0 aliphatic heterocycles. The van der Waals surface area contributed by atoms with Gasteiger partial charge < -0.3 is 11.1 Å². The molecule has 100 valence electrons. The Morgan fingerprint density at radius 2 is 1.89 bits per heavy atom. The highest BCUT2D eigenvalue weighted by molar-refractivity contribution is 8.00. The van der Waals surface area contributed by atoms with E-state index < -0.39 is 0 Å². The maximum absolute atomic E-state index is 11.7. The predicted molar refractivity (Wildman–Crippen MR) is 77.6 cm³/mol. The summed E-state index contributed by atoms with van der Waals surface area (Å²) in [5, 5.41) is 3.29. The van der Waals surface area contributed by atoms with Crippen molar-refractivity contribution in [2.24, 2.45) is 11.7 Å². The maximum atomic E-state index is 11.7. The molecule has 0 saturated heterocycles. The van der Waals surface area contributed by atoms with Crippen LogP contribution in [0.2, 0.25) is 0 Å². The van der Waals surface area contributed by atoms with Crippen LogP contribution in [0.5, 0.6) is 0 Å². The van der Waals surface area contributed by atoms with Gasteiger partial charge >= 0.3 is 0 Å². The Labute approximate surface area is 114 Å². The molecule has 0 radical (unpaired) electrons. The van der Waals surface area contributed by atoms with Crippen LogP contribution >= 0.6 is 11.8 Å². The first-order valence-electron chi connectivity index (χ1n) is 6.25. The Hall–Kier alpha value is -1.00. The Kier molecular flexibility index (Phi) is 6.22. The van der Waals surface area contributed by atoms with Gasteiger partial charge in [-0.25, -0.2) is 0 Å². The highest BCUT2D eigenvalue weighted by Crippen LogP contribution is 2.21. The fourth-order valence-corrected chi connectivity index (χ4v) is 2.36. The summed E-state index contributed by atoms with van der Waals surface area (Å²) in [4.78, 5) is 13.0. The van der Waals surface area contributed by atoms with Crippen molar-refractivity contribution in [3.63, 3.8) is 0 Å². The Balaban J connectivity index is 2.33. The van der Waals surface area contributed by atoms with Crippen molar-refractivity contribution >= 4 is 17.7 Å². The van der Waals surface area contributed by atoms with Gasteiger partial charge in [0.1, 0.15) is 0 Å². The van der Waals surface area contributed by atoms with Gasteiger partial charge in [-0.05, 0) is 19.1 Å². The van der Waals surface area contributed by atoms with E-state index in [1.165, 1.54) is 4.90 Å². The Morgan fingerprint density at radius 1 is 1.28 bits per heavy atom. The Morgan fingerprint density at radius 3 is 2.44 bits per heavy atom. The molecule has 0 aromatic heterocycles. The zero-order valence-corrected chi connectivity index (χ0v) is 12.0. The number of nitrogens with two attached hydrogens (primary N) is 1. The lowest BCUT2D eigenvalue weighted by atomic mass is 10.0. The molecule has 18 heavy (non-hydrogen) atoms. The van der Waals surface area contributed by atoms with Gasteiger partial charge in [0.15, 0.2) is 0 Å². The minimum atomic E-state index is -0.140. The number of rotatable bonds is 6. The second-order valence-corrected chi connectivity index (χ2v) is 6.15. The maximum Gasteiger partial charge on any atom is 0.224 e. The van der Waals surface area contributed by atoms with Crippen molar-refractivity contribution in [1.29, 1.82) is 0 Å². The number of carbonyl (C=O) groups excluding carboxylic acids is 1. The number of carbonyl (C=O) groups is 1. The van der Waals surface area contributed by atoms with Gasteiger partial charge in [-0.15, -0.1) is 11.8 Å². The summed E-state index contributed by atoms with van der Waals surface area (Å²) >= 11 is 1.76. The second-order valence-electron chi connectivity index (χ2n) is 4.63. The number of benzene rings is 1. The third-order valence-corrected chi connectivity index (χ3v) is 3.96. The number of thioether (sulfide) groups is 1. The standard InChI is InChI=1S/C14H22N2OS/c1-10(18-13-7-5-4-6-8-13)9-16-14(17)11(2)12(3)15/h4-8,10-12H,9,15H2,1-3H3,(H,16,17).